The van der Waals surface area contributed by atoms with E-state index in [9.17, 15) is 4.79 Å². The van der Waals surface area contributed by atoms with E-state index in [0.717, 1.165) is 12.8 Å². The summed E-state index contributed by atoms with van der Waals surface area (Å²) in [6.07, 6.45) is 7.51. The molecule has 0 radical (unpaired) electrons. The standard InChI is InChI=1S/C13H24N2O/c1-9-5-3-4-6-12(9)14-10(2)13(16)15-11-7-8-11/h9-12,14H,3-8H2,1-2H3,(H,15,16). The number of hydrogen-bond donors (Lipinski definition) is 2. The topological polar surface area (TPSA) is 41.1 Å². The Morgan fingerprint density at radius 1 is 1.19 bits per heavy atom. The van der Waals surface area contributed by atoms with Gasteiger partial charge in [-0.2, -0.15) is 0 Å². The SMILES string of the molecule is CC(NC1CCCCC1C)C(=O)NC1CC1. The second-order valence-electron chi connectivity index (χ2n) is 5.54. The van der Waals surface area contributed by atoms with Crippen LogP contribution in [-0.2, 0) is 4.79 Å². The third-order valence-electron chi connectivity index (χ3n) is 3.89. The Hall–Kier alpha value is -0.570. The third-order valence-corrected chi connectivity index (χ3v) is 3.89. The summed E-state index contributed by atoms with van der Waals surface area (Å²) in [4.78, 5) is 11.8. The number of amides is 1. The summed E-state index contributed by atoms with van der Waals surface area (Å²) in [5.41, 5.74) is 0. The molecule has 1 amide bonds. The third kappa shape index (κ3) is 3.21. The van der Waals surface area contributed by atoms with Gasteiger partial charge in [-0.05, 0) is 38.5 Å². The van der Waals surface area contributed by atoms with Gasteiger partial charge in [0.1, 0.15) is 0 Å². The Bertz CT molecular complexity index is 250. The molecular formula is C13H24N2O. The van der Waals surface area contributed by atoms with Crippen LogP contribution in [0.15, 0.2) is 0 Å². The zero-order valence-corrected chi connectivity index (χ0v) is 10.5. The molecule has 0 aromatic heterocycles. The lowest BCUT2D eigenvalue weighted by Gasteiger charge is -2.31. The van der Waals surface area contributed by atoms with Crippen LogP contribution in [-0.4, -0.2) is 24.0 Å². The van der Waals surface area contributed by atoms with E-state index in [1.54, 1.807) is 0 Å². The zero-order chi connectivity index (χ0) is 11.5. The minimum atomic E-state index is -0.0360. The van der Waals surface area contributed by atoms with Gasteiger partial charge in [-0.15, -0.1) is 0 Å². The molecule has 2 rings (SSSR count). The number of carbonyl (C=O) groups is 1. The van der Waals surface area contributed by atoms with Gasteiger partial charge >= 0.3 is 0 Å². The van der Waals surface area contributed by atoms with Gasteiger partial charge in [-0.1, -0.05) is 19.8 Å². The Morgan fingerprint density at radius 2 is 1.88 bits per heavy atom. The first-order chi connectivity index (χ1) is 7.66. The molecule has 3 atom stereocenters. The summed E-state index contributed by atoms with van der Waals surface area (Å²) < 4.78 is 0. The van der Waals surface area contributed by atoms with Gasteiger partial charge in [0.25, 0.3) is 0 Å². The van der Waals surface area contributed by atoms with Crippen molar-refractivity contribution in [2.24, 2.45) is 5.92 Å². The van der Waals surface area contributed by atoms with Crippen molar-refractivity contribution in [1.82, 2.24) is 10.6 Å². The molecule has 2 N–H and O–H groups in total. The van der Waals surface area contributed by atoms with E-state index in [4.69, 9.17) is 0 Å². The Morgan fingerprint density at radius 3 is 2.50 bits per heavy atom. The van der Waals surface area contributed by atoms with Crippen molar-refractivity contribution in [1.29, 1.82) is 0 Å². The van der Waals surface area contributed by atoms with Gasteiger partial charge in [-0.3, -0.25) is 4.79 Å². The number of carbonyl (C=O) groups excluding carboxylic acids is 1. The lowest BCUT2D eigenvalue weighted by atomic mass is 9.85. The van der Waals surface area contributed by atoms with Crippen molar-refractivity contribution in [2.75, 3.05) is 0 Å². The molecule has 16 heavy (non-hydrogen) atoms. The molecule has 0 spiro atoms. The summed E-state index contributed by atoms with van der Waals surface area (Å²) in [5.74, 6) is 0.894. The van der Waals surface area contributed by atoms with Gasteiger partial charge in [0.15, 0.2) is 0 Å². The van der Waals surface area contributed by atoms with Crippen LogP contribution in [0.4, 0.5) is 0 Å². The maximum atomic E-state index is 11.8. The molecule has 0 aromatic carbocycles. The van der Waals surface area contributed by atoms with Crippen LogP contribution >= 0.6 is 0 Å². The van der Waals surface area contributed by atoms with Crippen LogP contribution < -0.4 is 10.6 Å². The Labute approximate surface area is 98.4 Å². The van der Waals surface area contributed by atoms with Gasteiger partial charge in [0.05, 0.1) is 6.04 Å². The summed E-state index contributed by atoms with van der Waals surface area (Å²) in [5, 5.41) is 6.55. The molecule has 2 aliphatic carbocycles. The van der Waals surface area contributed by atoms with Crippen molar-refractivity contribution < 1.29 is 4.79 Å². The highest BCUT2D eigenvalue weighted by Gasteiger charge is 2.28. The first-order valence-electron chi connectivity index (χ1n) is 6.73. The minimum Gasteiger partial charge on any atom is -0.352 e. The summed E-state index contributed by atoms with van der Waals surface area (Å²) in [7, 11) is 0. The molecule has 0 heterocycles. The van der Waals surface area contributed by atoms with Crippen molar-refractivity contribution in [3.05, 3.63) is 0 Å². The predicted octanol–water partition coefficient (Wildman–Crippen LogP) is 1.82. The number of hydrogen-bond acceptors (Lipinski definition) is 2. The maximum Gasteiger partial charge on any atom is 0.237 e. The molecule has 92 valence electrons. The fourth-order valence-corrected chi connectivity index (χ4v) is 2.51. The van der Waals surface area contributed by atoms with Crippen molar-refractivity contribution in [3.63, 3.8) is 0 Å². The lowest BCUT2D eigenvalue weighted by molar-refractivity contribution is -0.123. The molecule has 2 saturated carbocycles. The molecule has 2 fully saturated rings. The monoisotopic (exact) mass is 224 g/mol. The summed E-state index contributed by atoms with van der Waals surface area (Å²) >= 11 is 0. The van der Waals surface area contributed by atoms with Gasteiger partial charge < -0.3 is 10.6 Å². The van der Waals surface area contributed by atoms with Crippen LogP contribution in [0.5, 0.6) is 0 Å². The fourth-order valence-electron chi connectivity index (χ4n) is 2.51. The Balaban J connectivity index is 1.75. The largest absolute Gasteiger partial charge is 0.352 e. The molecule has 0 aromatic rings. The second kappa shape index (κ2) is 5.17. The molecule has 2 aliphatic rings. The average molecular weight is 224 g/mol. The van der Waals surface area contributed by atoms with E-state index in [1.807, 2.05) is 6.92 Å². The highest BCUT2D eigenvalue weighted by molar-refractivity contribution is 5.81. The molecule has 0 aliphatic heterocycles. The van der Waals surface area contributed by atoms with Crippen LogP contribution in [0.1, 0.15) is 52.4 Å². The molecule has 3 heteroatoms. The van der Waals surface area contributed by atoms with E-state index in [1.165, 1.54) is 25.7 Å². The number of rotatable bonds is 4. The highest BCUT2D eigenvalue weighted by atomic mass is 16.2. The quantitative estimate of drug-likeness (QED) is 0.765. The van der Waals surface area contributed by atoms with E-state index in [2.05, 4.69) is 17.6 Å². The Kier molecular flexibility index (Phi) is 3.85. The van der Waals surface area contributed by atoms with Crippen LogP contribution in [0.2, 0.25) is 0 Å². The molecule has 0 bridgehead atoms. The van der Waals surface area contributed by atoms with Crippen molar-refractivity contribution in [3.8, 4) is 0 Å². The van der Waals surface area contributed by atoms with Crippen LogP contribution in [0, 0.1) is 5.92 Å². The molecular weight excluding hydrogens is 200 g/mol. The molecule has 3 nitrogen and oxygen atoms in total. The van der Waals surface area contributed by atoms with Gasteiger partial charge in [0.2, 0.25) is 5.91 Å². The van der Waals surface area contributed by atoms with E-state index < -0.39 is 0 Å². The first-order valence-corrected chi connectivity index (χ1v) is 6.73. The molecule has 3 unspecified atom stereocenters. The average Bonchev–Trinajstić information content (AvgIpc) is 3.05. The lowest BCUT2D eigenvalue weighted by Crippen LogP contribution is -2.49. The first kappa shape index (κ1) is 11.9. The number of nitrogens with one attached hydrogen (secondary N) is 2. The highest BCUT2D eigenvalue weighted by Crippen LogP contribution is 2.24. The van der Waals surface area contributed by atoms with Crippen molar-refractivity contribution in [2.45, 2.75) is 70.5 Å². The van der Waals surface area contributed by atoms with Gasteiger partial charge in [-0.25, -0.2) is 0 Å². The molecule has 0 saturated heterocycles. The zero-order valence-electron chi connectivity index (χ0n) is 10.5. The van der Waals surface area contributed by atoms with Gasteiger partial charge in [0, 0.05) is 12.1 Å². The predicted molar refractivity (Wildman–Crippen MR) is 65.2 cm³/mol. The second-order valence-corrected chi connectivity index (χ2v) is 5.54. The van der Waals surface area contributed by atoms with Crippen molar-refractivity contribution >= 4 is 5.91 Å². The summed E-state index contributed by atoms with van der Waals surface area (Å²) in [6.45, 7) is 4.28. The van der Waals surface area contributed by atoms with E-state index in [0.29, 0.717) is 18.0 Å². The minimum absolute atomic E-state index is 0.0360. The van der Waals surface area contributed by atoms with E-state index >= 15 is 0 Å². The smallest absolute Gasteiger partial charge is 0.237 e. The van der Waals surface area contributed by atoms with Crippen LogP contribution in [0.25, 0.3) is 0 Å². The maximum absolute atomic E-state index is 11.8. The van der Waals surface area contributed by atoms with E-state index in [-0.39, 0.29) is 11.9 Å². The fraction of sp³-hybridized carbons (Fsp3) is 0.923. The van der Waals surface area contributed by atoms with Crippen LogP contribution in [0.3, 0.4) is 0 Å². The summed E-state index contributed by atoms with van der Waals surface area (Å²) in [6, 6.07) is 0.973. The normalized spacial score (nSPS) is 32.1.